The van der Waals surface area contributed by atoms with E-state index in [1.165, 1.54) is 17.5 Å². The first kappa shape index (κ1) is 25.3. The summed E-state index contributed by atoms with van der Waals surface area (Å²) in [4.78, 5) is 0. The number of benzene rings is 1. The Labute approximate surface area is 121 Å². The van der Waals surface area contributed by atoms with Crippen LogP contribution in [0.5, 0.6) is 0 Å². The molecule has 2 heteroatoms. The van der Waals surface area contributed by atoms with Gasteiger partial charge in [0.15, 0.2) is 0 Å². The minimum atomic E-state index is 0. The summed E-state index contributed by atoms with van der Waals surface area (Å²) in [6, 6.07) is 8.92. The van der Waals surface area contributed by atoms with E-state index in [9.17, 15) is 0 Å². The number of rotatable bonds is 3. The summed E-state index contributed by atoms with van der Waals surface area (Å²) in [6.45, 7) is 4.40. The molecular formula is C14H26PTi. The van der Waals surface area contributed by atoms with Gasteiger partial charge >= 0.3 is 21.7 Å². The Morgan fingerprint density at radius 3 is 1.75 bits per heavy atom. The standard InChI is InChI=1S/C11H17P.3CH3.Ti/c1-3-9-5-7-10(8-6-9)11(12)4-2;;;;/h5-8,11H,3-4,12H2,1-2H3;3*1H3;/q;3*-1;+3. The van der Waals surface area contributed by atoms with Gasteiger partial charge in [-0.2, -0.15) is 0 Å². The van der Waals surface area contributed by atoms with Crippen LogP contribution >= 0.6 is 9.24 Å². The van der Waals surface area contributed by atoms with Gasteiger partial charge in [0, 0.05) is 0 Å². The third-order valence-corrected chi connectivity index (χ3v) is 3.11. The monoisotopic (exact) mass is 273 g/mol. The molecule has 0 fully saturated rings. The van der Waals surface area contributed by atoms with Gasteiger partial charge in [0.1, 0.15) is 0 Å². The normalized spacial score (nSPS) is 9.69. The predicted molar refractivity (Wildman–Crippen MR) is 77.8 cm³/mol. The molecule has 91 valence electrons. The van der Waals surface area contributed by atoms with Gasteiger partial charge in [-0.1, -0.05) is 38.1 Å². The van der Waals surface area contributed by atoms with Crippen molar-refractivity contribution in [1.82, 2.24) is 0 Å². The number of hydrogen-bond donors (Lipinski definition) is 0. The van der Waals surface area contributed by atoms with Crippen LogP contribution in [0.2, 0.25) is 0 Å². The van der Waals surface area contributed by atoms with Crippen LogP contribution in [0.3, 0.4) is 0 Å². The van der Waals surface area contributed by atoms with Crippen molar-refractivity contribution in [1.29, 1.82) is 0 Å². The van der Waals surface area contributed by atoms with Gasteiger partial charge in [-0.3, -0.25) is 0 Å². The molecule has 2 unspecified atom stereocenters. The van der Waals surface area contributed by atoms with Crippen molar-refractivity contribution in [2.45, 2.75) is 32.3 Å². The van der Waals surface area contributed by atoms with Crippen LogP contribution in [-0.2, 0) is 28.1 Å². The van der Waals surface area contributed by atoms with E-state index in [1.54, 1.807) is 0 Å². The average Bonchev–Trinajstić information content (AvgIpc) is 2.17. The van der Waals surface area contributed by atoms with Crippen molar-refractivity contribution in [3.05, 3.63) is 57.7 Å². The van der Waals surface area contributed by atoms with Crippen molar-refractivity contribution in [3.8, 4) is 0 Å². The van der Waals surface area contributed by atoms with Gasteiger partial charge in [-0.05, 0) is 29.6 Å². The van der Waals surface area contributed by atoms with E-state index < -0.39 is 0 Å². The largest absolute Gasteiger partial charge is 3.00 e. The van der Waals surface area contributed by atoms with Crippen LogP contribution in [0.4, 0.5) is 0 Å². The fourth-order valence-electron chi connectivity index (χ4n) is 1.24. The molecule has 1 rings (SSSR count). The molecule has 2 atom stereocenters. The van der Waals surface area contributed by atoms with E-state index in [2.05, 4.69) is 47.4 Å². The van der Waals surface area contributed by atoms with Crippen molar-refractivity contribution in [2.24, 2.45) is 0 Å². The van der Waals surface area contributed by atoms with Gasteiger partial charge < -0.3 is 22.3 Å². The van der Waals surface area contributed by atoms with Crippen LogP contribution in [0.15, 0.2) is 24.3 Å². The van der Waals surface area contributed by atoms with E-state index in [0.29, 0.717) is 5.66 Å². The molecule has 1 radical (unpaired) electrons. The molecule has 0 aliphatic heterocycles. The van der Waals surface area contributed by atoms with Crippen LogP contribution in [-0.4, -0.2) is 0 Å². The zero-order valence-corrected chi connectivity index (χ0v) is 14.1. The van der Waals surface area contributed by atoms with Gasteiger partial charge in [0.25, 0.3) is 0 Å². The molecular weight excluding hydrogens is 247 g/mol. The quantitative estimate of drug-likeness (QED) is 0.416. The number of hydrogen-bond acceptors (Lipinski definition) is 0. The van der Waals surface area contributed by atoms with E-state index >= 15 is 0 Å². The van der Waals surface area contributed by atoms with Gasteiger partial charge in [0.05, 0.1) is 0 Å². The average molecular weight is 273 g/mol. The summed E-state index contributed by atoms with van der Waals surface area (Å²) >= 11 is 0. The van der Waals surface area contributed by atoms with Crippen LogP contribution < -0.4 is 0 Å². The summed E-state index contributed by atoms with van der Waals surface area (Å²) in [5, 5.41) is 0. The molecule has 0 aromatic heterocycles. The Kier molecular flexibility index (Phi) is 21.2. The second kappa shape index (κ2) is 13.4. The maximum absolute atomic E-state index is 2.88. The zero-order valence-electron chi connectivity index (χ0n) is 11.4. The maximum Gasteiger partial charge on any atom is 3.00 e. The first-order valence-electron chi connectivity index (χ1n) is 4.62. The Morgan fingerprint density at radius 2 is 1.44 bits per heavy atom. The fourth-order valence-corrected chi connectivity index (χ4v) is 1.46. The smallest absolute Gasteiger partial charge is 0.358 e. The zero-order chi connectivity index (χ0) is 8.97. The van der Waals surface area contributed by atoms with Crippen molar-refractivity contribution in [3.63, 3.8) is 0 Å². The third-order valence-electron chi connectivity index (χ3n) is 2.26. The molecule has 0 saturated carbocycles. The number of aryl methyl sites for hydroxylation is 1. The van der Waals surface area contributed by atoms with Crippen molar-refractivity contribution >= 4 is 9.24 Å². The molecule has 0 saturated heterocycles. The van der Waals surface area contributed by atoms with E-state index in [-0.39, 0.29) is 44.0 Å². The van der Waals surface area contributed by atoms with Crippen molar-refractivity contribution < 1.29 is 21.7 Å². The van der Waals surface area contributed by atoms with E-state index in [1.807, 2.05) is 0 Å². The molecule has 0 aliphatic rings. The molecule has 1 aromatic carbocycles. The summed E-state index contributed by atoms with van der Waals surface area (Å²) in [7, 11) is 2.88. The summed E-state index contributed by atoms with van der Waals surface area (Å²) in [6.07, 6.45) is 2.32. The van der Waals surface area contributed by atoms with E-state index in [0.717, 1.165) is 6.42 Å². The first-order chi connectivity index (χ1) is 5.77. The van der Waals surface area contributed by atoms with E-state index in [4.69, 9.17) is 0 Å². The molecule has 0 spiro atoms. The van der Waals surface area contributed by atoms with Crippen LogP contribution in [0.1, 0.15) is 37.1 Å². The molecule has 0 heterocycles. The summed E-state index contributed by atoms with van der Waals surface area (Å²) in [5.74, 6) is 0. The molecule has 0 aliphatic carbocycles. The Balaban J connectivity index is -0.000000180. The molecule has 0 N–H and O–H groups in total. The maximum atomic E-state index is 2.88. The SMILES string of the molecule is CCc1ccc(C(P)CC)cc1.[CH3-].[CH3-].[CH3-].[Ti+3]. The van der Waals surface area contributed by atoms with Gasteiger partial charge in [-0.15, -0.1) is 9.24 Å². The van der Waals surface area contributed by atoms with Crippen LogP contribution in [0, 0.1) is 22.3 Å². The third kappa shape index (κ3) is 7.61. The molecule has 0 amide bonds. The minimum absolute atomic E-state index is 0. The molecule has 1 aromatic rings. The first-order valence-corrected chi connectivity index (χ1v) is 5.29. The van der Waals surface area contributed by atoms with Crippen LogP contribution in [0.25, 0.3) is 0 Å². The summed E-state index contributed by atoms with van der Waals surface area (Å²) in [5.41, 5.74) is 3.47. The van der Waals surface area contributed by atoms with Crippen molar-refractivity contribution in [2.75, 3.05) is 0 Å². The molecule has 0 nitrogen and oxygen atoms in total. The second-order valence-corrected chi connectivity index (χ2v) is 3.91. The second-order valence-electron chi connectivity index (χ2n) is 3.11. The predicted octanol–water partition coefficient (Wildman–Crippen LogP) is 4.92. The topological polar surface area (TPSA) is 0 Å². The minimum Gasteiger partial charge on any atom is -0.358 e. The fraction of sp³-hybridized carbons (Fsp3) is 0.357. The molecule has 0 bridgehead atoms. The Hall–Kier alpha value is 0.364. The Bertz CT molecular complexity index is 231. The van der Waals surface area contributed by atoms with Gasteiger partial charge in [0.2, 0.25) is 0 Å². The summed E-state index contributed by atoms with van der Waals surface area (Å²) < 4.78 is 0. The Morgan fingerprint density at radius 1 is 1.00 bits per heavy atom. The van der Waals surface area contributed by atoms with Gasteiger partial charge in [-0.25, -0.2) is 0 Å². The molecule has 16 heavy (non-hydrogen) atoms.